The zero-order valence-corrected chi connectivity index (χ0v) is 11.8. The summed E-state index contributed by atoms with van der Waals surface area (Å²) in [6.07, 6.45) is 0. The lowest BCUT2D eigenvalue weighted by molar-refractivity contribution is 0.210. The molecule has 2 aromatic heterocycles. The van der Waals surface area contributed by atoms with Gasteiger partial charge in [0, 0.05) is 29.1 Å². The molecule has 0 atom stereocenters. The van der Waals surface area contributed by atoms with Crippen molar-refractivity contribution in [1.29, 1.82) is 5.26 Å². The van der Waals surface area contributed by atoms with Crippen molar-refractivity contribution in [2.24, 2.45) is 0 Å². The molecule has 0 unspecified atom stereocenters. The van der Waals surface area contributed by atoms with Crippen LogP contribution in [-0.2, 0) is 4.74 Å². The van der Waals surface area contributed by atoms with Crippen molar-refractivity contribution in [3.05, 3.63) is 35.2 Å². The van der Waals surface area contributed by atoms with Gasteiger partial charge in [0.05, 0.1) is 23.8 Å². The minimum Gasteiger partial charge on any atom is -0.383 e. The Morgan fingerprint density at radius 2 is 2.25 bits per heavy atom. The molecule has 3 aromatic rings. The highest BCUT2D eigenvalue weighted by Crippen LogP contribution is 2.33. The molecule has 0 aliphatic rings. The van der Waals surface area contributed by atoms with E-state index >= 15 is 0 Å². The molecule has 0 radical (unpaired) electrons. The second kappa shape index (κ2) is 5.45. The average Bonchev–Trinajstić information content (AvgIpc) is 2.96. The normalized spacial score (nSPS) is 10.8. The number of fused-ring (bicyclic) bond motifs is 3. The van der Waals surface area contributed by atoms with Gasteiger partial charge in [0.15, 0.2) is 0 Å². The number of thiophene rings is 1. The Morgan fingerprint density at radius 1 is 1.35 bits per heavy atom. The van der Waals surface area contributed by atoms with Gasteiger partial charge in [0.25, 0.3) is 0 Å². The SMILES string of the molecule is COCCNc1nc2cc(C#N)ccc2c2sccc12. The Balaban J connectivity index is 2.16. The van der Waals surface area contributed by atoms with Gasteiger partial charge in [-0.3, -0.25) is 0 Å². The summed E-state index contributed by atoms with van der Waals surface area (Å²) in [6, 6.07) is 9.86. The Bertz CT molecular complexity index is 804. The molecular weight excluding hydrogens is 270 g/mol. The van der Waals surface area contributed by atoms with Crippen LogP contribution in [0, 0.1) is 11.3 Å². The van der Waals surface area contributed by atoms with Crippen molar-refractivity contribution in [3.8, 4) is 6.07 Å². The number of rotatable bonds is 4. The number of pyridine rings is 1. The molecule has 0 aliphatic heterocycles. The molecule has 0 saturated carbocycles. The molecular formula is C15H13N3OS. The monoisotopic (exact) mass is 283 g/mol. The molecule has 0 bridgehead atoms. The summed E-state index contributed by atoms with van der Waals surface area (Å²) < 4.78 is 6.24. The van der Waals surface area contributed by atoms with E-state index in [0.29, 0.717) is 18.7 Å². The van der Waals surface area contributed by atoms with E-state index in [-0.39, 0.29) is 0 Å². The molecule has 100 valence electrons. The minimum absolute atomic E-state index is 0.628. The lowest BCUT2D eigenvalue weighted by Gasteiger charge is -2.09. The number of nitrogens with one attached hydrogen (secondary N) is 1. The third-order valence-electron chi connectivity index (χ3n) is 3.12. The van der Waals surface area contributed by atoms with Crippen LogP contribution < -0.4 is 5.32 Å². The van der Waals surface area contributed by atoms with E-state index in [1.807, 2.05) is 18.2 Å². The van der Waals surface area contributed by atoms with Crippen LogP contribution in [-0.4, -0.2) is 25.2 Å². The summed E-state index contributed by atoms with van der Waals surface area (Å²) in [7, 11) is 1.68. The number of hydrogen-bond donors (Lipinski definition) is 1. The van der Waals surface area contributed by atoms with Gasteiger partial charge in [-0.15, -0.1) is 11.3 Å². The van der Waals surface area contributed by atoms with Crippen LogP contribution in [0.15, 0.2) is 29.6 Å². The maximum atomic E-state index is 9.01. The predicted molar refractivity (Wildman–Crippen MR) is 82.2 cm³/mol. The first-order valence-electron chi connectivity index (χ1n) is 6.27. The Hall–Kier alpha value is -2.16. The van der Waals surface area contributed by atoms with E-state index in [4.69, 9.17) is 10.00 Å². The van der Waals surface area contributed by atoms with Crippen LogP contribution in [0.3, 0.4) is 0 Å². The van der Waals surface area contributed by atoms with Gasteiger partial charge in [-0.05, 0) is 23.6 Å². The molecule has 0 spiro atoms. The Morgan fingerprint density at radius 3 is 3.05 bits per heavy atom. The average molecular weight is 283 g/mol. The highest BCUT2D eigenvalue weighted by atomic mass is 32.1. The Labute approximate surface area is 120 Å². The smallest absolute Gasteiger partial charge is 0.135 e. The summed E-state index contributed by atoms with van der Waals surface area (Å²) in [5.74, 6) is 0.848. The summed E-state index contributed by atoms with van der Waals surface area (Å²) >= 11 is 1.69. The fourth-order valence-electron chi connectivity index (χ4n) is 2.18. The molecule has 1 aromatic carbocycles. The molecule has 20 heavy (non-hydrogen) atoms. The van der Waals surface area contributed by atoms with E-state index in [1.165, 1.54) is 4.70 Å². The maximum Gasteiger partial charge on any atom is 0.135 e. The van der Waals surface area contributed by atoms with Gasteiger partial charge in [0.2, 0.25) is 0 Å². The molecule has 2 heterocycles. The second-order valence-electron chi connectivity index (χ2n) is 4.39. The number of nitrogens with zero attached hydrogens (tertiary/aromatic N) is 2. The first-order chi connectivity index (χ1) is 9.83. The molecule has 5 heteroatoms. The first kappa shape index (κ1) is 12.9. The number of hydrogen-bond acceptors (Lipinski definition) is 5. The van der Waals surface area contributed by atoms with Crippen LogP contribution >= 0.6 is 11.3 Å². The summed E-state index contributed by atoms with van der Waals surface area (Å²) in [5.41, 5.74) is 1.47. The van der Waals surface area contributed by atoms with Crippen molar-refractivity contribution >= 4 is 38.1 Å². The van der Waals surface area contributed by atoms with E-state index in [0.717, 1.165) is 22.1 Å². The number of benzene rings is 1. The molecule has 0 saturated heterocycles. The lowest BCUT2D eigenvalue weighted by Crippen LogP contribution is -2.09. The van der Waals surface area contributed by atoms with Gasteiger partial charge in [-0.2, -0.15) is 5.26 Å². The van der Waals surface area contributed by atoms with Gasteiger partial charge < -0.3 is 10.1 Å². The third kappa shape index (κ3) is 2.20. The molecule has 1 N–H and O–H groups in total. The van der Waals surface area contributed by atoms with Gasteiger partial charge in [-0.1, -0.05) is 6.07 Å². The predicted octanol–water partition coefficient (Wildman–Crippen LogP) is 3.38. The molecule has 0 aliphatic carbocycles. The van der Waals surface area contributed by atoms with E-state index < -0.39 is 0 Å². The number of anilines is 1. The highest BCUT2D eigenvalue weighted by molar-refractivity contribution is 7.18. The van der Waals surface area contributed by atoms with Crippen molar-refractivity contribution in [2.45, 2.75) is 0 Å². The standard InChI is InChI=1S/C15H13N3OS/c1-19-6-5-17-15-12-4-7-20-14(12)11-3-2-10(9-16)8-13(11)18-15/h2-4,7-8H,5-6H2,1H3,(H,17,18). The summed E-state index contributed by atoms with van der Waals surface area (Å²) in [6.45, 7) is 1.33. The fraction of sp³-hybridized carbons (Fsp3) is 0.200. The van der Waals surface area contributed by atoms with Crippen LogP contribution in [0.25, 0.3) is 21.0 Å². The quantitative estimate of drug-likeness (QED) is 0.746. The van der Waals surface area contributed by atoms with E-state index in [9.17, 15) is 0 Å². The van der Waals surface area contributed by atoms with Crippen molar-refractivity contribution in [1.82, 2.24) is 4.98 Å². The number of aromatic nitrogens is 1. The van der Waals surface area contributed by atoms with Crippen molar-refractivity contribution < 1.29 is 4.74 Å². The van der Waals surface area contributed by atoms with Crippen molar-refractivity contribution in [2.75, 3.05) is 25.6 Å². The lowest BCUT2D eigenvalue weighted by atomic mass is 10.1. The molecule has 0 amide bonds. The van der Waals surface area contributed by atoms with E-state index in [2.05, 4.69) is 27.8 Å². The maximum absolute atomic E-state index is 9.01. The number of ether oxygens (including phenoxy) is 1. The number of nitriles is 1. The van der Waals surface area contributed by atoms with Crippen LogP contribution in [0.2, 0.25) is 0 Å². The fourth-order valence-corrected chi connectivity index (χ4v) is 3.11. The highest BCUT2D eigenvalue weighted by Gasteiger charge is 2.09. The zero-order chi connectivity index (χ0) is 13.9. The zero-order valence-electron chi connectivity index (χ0n) is 11.0. The summed E-state index contributed by atoms with van der Waals surface area (Å²) in [4.78, 5) is 4.64. The van der Waals surface area contributed by atoms with Gasteiger partial charge >= 0.3 is 0 Å². The largest absolute Gasteiger partial charge is 0.383 e. The first-order valence-corrected chi connectivity index (χ1v) is 7.15. The second-order valence-corrected chi connectivity index (χ2v) is 5.30. The van der Waals surface area contributed by atoms with Gasteiger partial charge in [-0.25, -0.2) is 4.98 Å². The molecule has 3 rings (SSSR count). The topological polar surface area (TPSA) is 57.9 Å². The van der Waals surface area contributed by atoms with E-state index in [1.54, 1.807) is 18.4 Å². The minimum atomic E-state index is 0.628. The number of methoxy groups -OCH3 is 1. The van der Waals surface area contributed by atoms with Crippen LogP contribution in [0.4, 0.5) is 5.82 Å². The van der Waals surface area contributed by atoms with Crippen LogP contribution in [0.5, 0.6) is 0 Å². The Kier molecular flexibility index (Phi) is 3.50. The van der Waals surface area contributed by atoms with Crippen LogP contribution in [0.1, 0.15) is 5.56 Å². The summed E-state index contributed by atoms with van der Waals surface area (Å²) in [5, 5.41) is 16.6. The molecule has 0 fully saturated rings. The molecule has 4 nitrogen and oxygen atoms in total. The third-order valence-corrected chi connectivity index (χ3v) is 4.07. The van der Waals surface area contributed by atoms with Gasteiger partial charge in [0.1, 0.15) is 5.82 Å². The van der Waals surface area contributed by atoms with Crippen molar-refractivity contribution in [3.63, 3.8) is 0 Å².